The van der Waals surface area contributed by atoms with Gasteiger partial charge >= 0.3 is 0 Å². The number of nitrogens with one attached hydrogen (secondary N) is 1. The lowest BCUT2D eigenvalue weighted by atomic mass is 10.2. The number of furan rings is 1. The van der Waals surface area contributed by atoms with Gasteiger partial charge in [-0.05, 0) is 26.2 Å². The third-order valence-electron chi connectivity index (χ3n) is 3.73. The maximum Gasteiger partial charge on any atom is 0.122 e. The van der Waals surface area contributed by atoms with Gasteiger partial charge in [0, 0.05) is 24.0 Å². The van der Waals surface area contributed by atoms with Crippen molar-refractivity contribution in [3.8, 4) is 11.3 Å². The van der Waals surface area contributed by atoms with E-state index in [1.54, 1.807) is 17.6 Å². The molecular formula is C18H21N3OS. The summed E-state index contributed by atoms with van der Waals surface area (Å²) in [5, 5.41) is 6.69. The zero-order valence-electron chi connectivity index (χ0n) is 13.4. The van der Waals surface area contributed by atoms with Crippen LogP contribution in [0.1, 0.15) is 16.8 Å². The summed E-state index contributed by atoms with van der Waals surface area (Å²) in [6, 6.07) is 14.4. The minimum Gasteiger partial charge on any atom is -0.468 e. The number of likely N-dealkylation sites (N-methyl/N-ethyl adjacent to an activating group) is 1. The van der Waals surface area contributed by atoms with Crippen LogP contribution in [0.2, 0.25) is 0 Å². The molecule has 0 fully saturated rings. The first kappa shape index (κ1) is 15.9. The summed E-state index contributed by atoms with van der Waals surface area (Å²) in [6.07, 6.45) is 1.72. The Morgan fingerprint density at radius 3 is 2.70 bits per heavy atom. The van der Waals surface area contributed by atoms with Gasteiger partial charge in [-0.2, -0.15) is 0 Å². The standard InChI is InChI=1S/C18H21N3OS/c1-21(2)16(17-9-6-10-22-17)11-19-12-18-20-15(13-23-18)14-7-4-3-5-8-14/h3-10,13,16,19H,11-12H2,1-2H3. The third kappa shape index (κ3) is 4.07. The van der Waals surface area contributed by atoms with Crippen molar-refractivity contribution in [1.82, 2.24) is 15.2 Å². The number of rotatable bonds is 7. The van der Waals surface area contributed by atoms with Gasteiger partial charge in [0.1, 0.15) is 10.8 Å². The second-order valence-corrected chi connectivity index (χ2v) is 6.56. The normalized spacial score (nSPS) is 12.7. The fraction of sp³-hybridized carbons (Fsp3) is 0.278. The summed E-state index contributed by atoms with van der Waals surface area (Å²) in [4.78, 5) is 6.86. The van der Waals surface area contributed by atoms with Crippen molar-refractivity contribution in [1.29, 1.82) is 0 Å². The molecule has 4 nitrogen and oxygen atoms in total. The van der Waals surface area contributed by atoms with Crippen LogP contribution in [-0.2, 0) is 6.54 Å². The van der Waals surface area contributed by atoms with E-state index >= 15 is 0 Å². The molecule has 120 valence electrons. The molecule has 1 unspecified atom stereocenters. The molecule has 0 aliphatic carbocycles. The fourth-order valence-corrected chi connectivity index (χ4v) is 3.24. The first-order chi connectivity index (χ1) is 11.2. The van der Waals surface area contributed by atoms with E-state index in [4.69, 9.17) is 9.40 Å². The molecule has 0 spiro atoms. The smallest absolute Gasteiger partial charge is 0.122 e. The van der Waals surface area contributed by atoms with Gasteiger partial charge in [0.05, 0.1) is 18.0 Å². The van der Waals surface area contributed by atoms with Gasteiger partial charge in [-0.15, -0.1) is 11.3 Å². The summed E-state index contributed by atoms with van der Waals surface area (Å²) in [6.45, 7) is 1.59. The molecule has 0 amide bonds. The molecule has 0 radical (unpaired) electrons. The Morgan fingerprint density at radius 1 is 1.17 bits per heavy atom. The van der Waals surface area contributed by atoms with Gasteiger partial charge in [0.25, 0.3) is 0 Å². The van der Waals surface area contributed by atoms with Crippen LogP contribution in [0, 0.1) is 0 Å². The lowest BCUT2D eigenvalue weighted by Crippen LogP contribution is -2.30. The highest BCUT2D eigenvalue weighted by molar-refractivity contribution is 7.09. The molecule has 1 aromatic carbocycles. The van der Waals surface area contributed by atoms with Gasteiger partial charge in [0.15, 0.2) is 0 Å². The first-order valence-electron chi connectivity index (χ1n) is 7.64. The lowest BCUT2D eigenvalue weighted by molar-refractivity contribution is 0.250. The van der Waals surface area contributed by atoms with Crippen LogP contribution in [0.15, 0.2) is 58.5 Å². The Kier molecular flexibility index (Phi) is 5.23. The zero-order chi connectivity index (χ0) is 16.1. The predicted octanol–water partition coefficient (Wildman–Crippen LogP) is 3.80. The number of nitrogens with zero attached hydrogens (tertiary/aromatic N) is 2. The van der Waals surface area contributed by atoms with Crippen molar-refractivity contribution in [3.05, 3.63) is 64.9 Å². The minimum atomic E-state index is 0.221. The van der Waals surface area contributed by atoms with E-state index in [9.17, 15) is 0 Å². The Hall–Kier alpha value is -1.95. The Bertz CT molecular complexity index is 707. The highest BCUT2D eigenvalue weighted by Crippen LogP contribution is 2.22. The molecule has 1 atom stereocenters. The van der Waals surface area contributed by atoms with Crippen LogP contribution in [0.25, 0.3) is 11.3 Å². The van der Waals surface area contributed by atoms with E-state index in [2.05, 4.69) is 41.8 Å². The van der Waals surface area contributed by atoms with Gasteiger partial charge < -0.3 is 9.73 Å². The van der Waals surface area contributed by atoms with E-state index in [0.29, 0.717) is 0 Å². The van der Waals surface area contributed by atoms with E-state index in [1.807, 2.05) is 30.3 Å². The van der Waals surface area contributed by atoms with E-state index in [1.165, 1.54) is 0 Å². The van der Waals surface area contributed by atoms with Crippen LogP contribution in [0.4, 0.5) is 0 Å². The predicted molar refractivity (Wildman–Crippen MR) is 94.4 cm³/mol. The number of thiazole rings is 1. The van der Waals surface area contributed by atoms with Gasteiger partial charge in [0.2, 0.25) is 0 Å². The van der Waals surface area contributed by atoms with Crippen molar-refractivity contribution in [2.75, 3.05) is 20.6 Å². The molecule has 0 saturated carbocycles. The van der Waals surface area contributed by atoms with Crippen molar-refractivity contribution < 1.29 is 4.42 Å². The molecule has 2 aromatic heterocycles. The quantitative estimate of drug-likeness (QED) is 0.717. The maximum atomic E-state index is 5.53. The maximum absolute atomic E-state index is 5.53. The molecule has 1 N–H and O–H groups in total. The van der Waals surface area contributed by atoms with Crippen molar-refractivity contribution in [3.63, 3.8) is 0 Å². The van der Waals surface area contributed by atoms with E-state index in [0.717, 1.165) is 35.1 Å². The largest absolute Gasteiger partial charge is 0.468 e. The van der Waals surface area contributed by atoms with Crippen LogP contribution < -0.4 is 5.32 Å². The number of hydrogen-bond acceptors (Lipinski definition) is 5. The molecule has 3 aromatic rings. The van der Waals surface area contributed by atoms with Crippen molar-refractivity contribution in [2.24, 2.45) is 0 Å². The summed E-state index contributed by atoms with van der Waals surface area (Å²) < 4.78 is 5.53. The third-order valence-corrected chi connectivity index (χ3v) is 4.58. The van der Waals surface area contributed by atoms with Crippen LogP contribution >= 0.6 is 11.3 Å². The minimum absolute atomic E-state index is 0.221. The van der Waals surface area contributed by atoms with Gasteiger partial charge in [-0.3, -0.25) is 4.90 Å². The summed E-state index contributed by atoms with van der Waals surface area (Å²) in [5.41, 5.74) is 2.21. The highest BCUT2D eigenvalue weighted by Gasteiger charge is 2.16. The van der Waals surface area contributed by atoms with Crippen LogP contribution in [0.3, 0.4) is 0 Å². The number of benzene rings is 1. The zero-order valence-corrected chi connectivity index (χ0v) is 14.2. The Morgan fingerprint density at radius 2 is 2.00 bits per heavy atom. The first-order valence-corrected chi connectivity index (χ1v) is 8.52. The SMILES string of the molecule is CN(C)C(CNCc1nc(-c2ccccc2)cs1)c1ccco1. The molecule has 0 bridgehead atoms. The van der Waals surface area contributed by atoms with Crippen molar-refractivity contribution >= 4 is 11.3 Å². The number of hydrogen-bond donors (Lipinski definition) is 1. The summed E-state index contributed by atoms with van der Waals surface area (Å²) in [7, 11) is 4.12. The molecule has 5 heteroatoms. The summed E-state index contributed by atoms with van der Waals surface area (Å²) >= 11 is 1.69. The second kappa shape index (κ2) is 7.55. The van der Waals surface area contributed by atoms with Crippen molar-refractivity contribution in [2.45, 2.75) is 12.6 Å². The van der Waals surface area contributed by atoms with Crippen LogP contribution in [0.5, 0.6) is 0 Å². The average Bonchev–Trinajstić information content (AvgIpc) is 3.24. The molecule has 3 rings (SSSR count). The molecule has 0 saturated heterocycles. The lowest BCUT2D eigenvalue weighted by Gasteiger charge is -2.22. The van der Waals surface area contributed by atoms with E-state index in [-0.39, 0.29) is 6.04 Å². The molecule has 0 aliphatic heterocycles. The van der Waals surface area contributed by atoms with Crippen LogP contribution in [-0.4, -0.2) is 30.5 Å². The number of aromatic nitrogens is 1. The molecule has 23 heavy (non-hydrogen) atoms. The Balaban J connectivity index is 1.57. The molecule has 2 heterocycles. The average molecular weight is 327 g/mol. The molecule has 0 aliphatic rings. The van der Waals surface area contributed by atoms with Gasteiger partial charge in [-0.25, -0.2) is 4.98 Å². The van der Waals surface area contributed by atoms with E-state index < -0.39 is 0 Å². The monoisotopic (exact) mass is 327 g/mol. The second-order valence-electron chi connectivity index (χ2n) is 5.62. The summed E-state index contributed by atoms with van der Waals surface area (Å²) in [5.74, 6) is 0.978. The fourth-order valence-electron chi connectivity index (χ4n) is 2.47. The topological polar surface area (TPSA) is 41.3 Å². The molecular weight excluding hydrogens is 306 g/mol. The Labute approximate surface area is 140 Å². The van der Waals surface area contributed by atoms with Gasteiger partial charge in [-0.1, -0.05) is 30.3 Å². The highest BCUT2D eigenvalue weighted by atomic mass is 32.1.